The van der Waals surface area contributed by atoms with Crippen LogP contribution in [-0.2, 0) is 4.79 Å². The number of hydrogen-bond donors (Lipinski definition) is 3. The molecule has 1 aromatic heterocycles. The molecule has 1 atom stereocenters. The largest absolute Gasteiger partial charge is 0.324 e. The molecule has 1 aliphatic heterocycles. The molecule has 0 unspecified atom stereocenters. The van der Waals surface area contributed by atoms with Gasteiger partial charge in [-0.1, -0.05) is 6.92 Å². The van der Waals surface area contributed by atoms with Gasteiger partial charge in [0.2, 0.25) is 5.91 Å². The molecule has 6 nitrogen and oxygen atoms in total. The Kier molecular flexibility index (Phi) is 4.35. The number of piperidine rings is 1. The van der Waals surface area contributed by atoms with Crippen molar-refractivity contribution in [2.45, 2.75) is 19.8 Å². The van der Waals surface area contributed by atoms with Gasteiger partial charge in [-0.3, -0.25) is 9.69 Å². The Morgan fingerprint density at radius 2 is 2.14 bits per heavy atom. The predicted molar refractivity (Wildman–Crippen MR) is 90.1 cm³/mol. The van der Waals surface area contributed by atoms with Crippen molar-refractivity contribution in [2.24, 2.45) is 5.92 Å². The van der Waals surface area contributed by atoms with Gasteiger partial charge in [0.25, 0.3) is 0 Å². The lowest BCUT2D eigenvalue weighted by molar-refractivity contribution is -0.117. The first-order valence-corrected chi connectivity index (χ1v) is 8.24. The number of aromatic amines is 2. The number of rotatable bonds is 3. The van der Waals surface area contributed by atoms with Crippen LogP contribution in [0, 0.1) is 5.92 Å². The number of halogens is 1. The Hall–Kier alpha value is -1.60. The second-order valence-electron chi connectivity index (χ2n) is 5.99. The van der Waals surface area contributed by atoms with Crippen LogP contribution in [0.4, 0.5) is 5.69 Å². The quantitative estimate of drug-likeness (QED) is 0.779. The number of H-pyrrole nitrogens is 2. The predicted octanol–water partition coefficient (Wildman–Crippen LogP) is 2.29. The zero-order valence-corrected chi connectivity index (χ0v) is 14.0. The number of fused-ring (bicyclic) bond motifs is 1. The number of likely N-dealkylation sites (tertiary alicyclic amines) is 1. The number of benzene rings is 1. The van der Waals surface area contributed by atoms with Crippen molar-refractivity contribution in [3.63, 3.8) is 0 Å². The van der Waals surface area contributed by atoms with E-state index in [4.69, 9.17) is 0 Å². The molecular formula is C15H19BrN4O2. The van der Waals surface area contributed by atoms with Gasteiger partial charge in [-0.15, -0.1) is 0 Å². The second kappa shape index (κ2) is 6.26. The molecule has 1 fully saturated rings. The molecule has 1 aliphatic rings. The van der Waals surface area contributed by atoms with E-state index in [1.54, 1.807) is 12.1 Å². The molecule has 1 saturated heterocycles. The first kappa shape index (κ1) is 15.3. The molecule has 0 radical (unpaired) electrons. The molecule has 22 heavy (non-hydrogen) atoms. The van der Waals surface area contributed by atoms with Crippen molar-refractivity contribution in [3.05, 3.63) is 27.1 Å². The summed E-state index contributed by atoms with van der Waals surface area (Å²) < 4.78 is 0.746. The third-order valence-corrected chi connectivity index (χ3v) is 4.64. The number of aromatic nitrogens is 2. The first-order valence-electron chi connectivity index (χ1n) is 7.45. The maximum Gasteiger partial charge on any atom is 0.323 e. The third kappa shape index (κ3) is 3.41. The summed E-state index contributed by atoms with van der Waals surface area (Å²) in [4.78, 5) is 31.1. The maximum absolute atomic E-state index is 12.2. The van der Waals surface area contributed by atoms with E-state index in [9.17, 15) is 9.59 Å². The second-order valence-corrected chi connectivity index (χ2v) is 6.84. The molecule has 0 spiro atoms. The minimum atomic E-state index is -0.257. The number of hydrogen-bond acceptors (Lipinski definition) is 3. The Morgan fingerprint density at radius 3 is 2.86 bits per heavy atom. The van der Waals surface area contributed by atoms with Crippen LogP contribution in [0.5, 0.6) is 0 Å². The number of carbonyl (C=O) groups is 1. The van der Waals surface area contributed by atoms with Crippen LogP contribution in [0.1, 0.15) is 19.8 Å². The number of nitrogens with zero attached hydrogens (tertiary/aromatic N) is 1. The van der Waals surface area contributed by atoms with Crippen LogP contribution >= 0.6 is 15.9 Å². The van der Waals surface area contributed by atoms with Gasteiger partial charge in [-0.2, -0.15) is 0 Å². The Morgan fingerprint density at radius 1 is 1.41 bits per heavy atom. The highest BCUT2D eigenvalue weighted by Gasteiger charge is 2.19. The van der Waals surface area contributed by atoms with E-state index in [0.717, 1.165) is 24.0 Å². The number of nitrogens with one attached hydrogen (secondary N) is 3. The van der Waals surface area contributed by atoms with Gasteiger partial charge in [0.15, 0.2) is 0 Å². The molecule has 118 valence electrons. The number of anilines is 1. The summed E-state index contributed by atoms with van der Waals surface area (Å²) in [5.41, 5.74) is 1.79. The van der Waals surface area contributed by atoms with E-state index in [1.807, 2.05) is 0 Å². The number of imidazole rings is 1. The highest BCUT2D eigenvalue weighted by molar-refractivity contribution is 9.10. The van der Waals surface area contributed by atoms with Crippen molar-refractivity contribution in [3.8, 4) is 0 Å². The zero-order chi connectivity index (χ0) is 15.7. The molecule has 3 N–H and O–H groups in total. The minimum Gasteiger partial charge on any atom is -0.324 e. The van der Waals surface area contributed by atoms with Crippen molar-refractivity contribution in [1.82, 2.24) is 14.9 Å². The average molecular weight is 367 g/mol. The lowest BCUT2D eigenvalue weighted by atomic mass is 10.0. The van der Waals surface area contributed by atoms with E-state index in [1.165, 1.54) is 6.42 Å². The highest BCUT2D eigenvalue weighted by Crippen LogP contribution is 2.26. The van der Waals surface area contributed by atoms with E-state index in [-0.39, 0.29) is 11.6 Å². The van der Waals surface area contributed by atoms with E-state index in [0.29, 0.717) is 29.2 Å². The van der Waals surface area contributed by atoms with Crippen molar-refractivity contribution in [2.75, 3.05) is 25.0 Å². The molecule has 0 aliphatic carbocycles. The van der Waals surface area contributed by atoms with Crippen molar-refractivity contribution >= 4 is 38.6 Å². The molecule has 1 aromatic carbocycles. The number of amides is 1. The summed E-state index contributed by atoms with van der Waals surface area (Å²) in [6, 6.07) is 3.54. The molecule has 3 rings (SSSR count). The van der Waals surface area contributed by atoms with E-state index in [2.05, 4.69) is 43.0 Å². The third-order valence-electron chi connectivity index (χ3n) is 3.99. The average Bonchev–Trinajstić information content (AvgIpc) is 2.78. The first-order chi connectivity index (χ1) is 10.5. The summed E-state index contributed by atoms with van der Waals surface area (Å²) in [6.45, 7) is 4.57. The molecule has 7 heteroatoms. The summed E-state index contributed by atoms with van der Waals surface area (Å²) in [6.07, 6.45) is 2.38. The fourth-order valence-corrected chi connectivity index (χ4v) is 3.42. The van der Waals surface area contributed by atoms with Crippen LogP contribution in [-0.4, -0.2) is 40.4 Å². The van der Waals surface area contributed by atoms with Gasteiger partial charge in [-0.25, -0.2) is 4.79 Å². The van der Waals surface area contributed by atoms with Crippen molar-refractivity contribution in [1.29, 1.82) is 0 Å². The van der Waals surface area contributed by atoms with Crippen LogP contribution < -0.4 is 11.0 Å². The van der Waals surface area contributed by atoms with Gasteiger partial charge < -0.3 is 15.3 Å². The highest BCUT2D eigenvalue weighted by atomic mass is 79.9. The summed E-state index contributed by atoms with van der Waals surface area (Å²) in [5, 5.41) is 2.91. The standard InChI is InChI=1S/C15H19BrN4O2/c1-9-3-2-4-20(7-9)8-14(21)17-11-6-13-12(5-10(11)16)18-15(22)19-13/h5-6,9H,2-4,7-8H2,1H3,(H,17,21)(H2,18,19,22)/t9-/m1/s1. The van der Waals surface area contributed by atoms with Crippen LogP contribution in [0.2, 0.25) is 0 Å². The zero-order valence-electron chi connectivity index (χ0n) is 12.4. The summed E-state index contributed by atoms with van der Waals surface area (Å²) in [5.74, 6) is 0.613. The monoisotopic (exact) mass is 366 g/mol. The SMILES string of the molecule is C[C@@H]1CCCN(CC(=O)Nc2cc3[nH]c(=O)[nH]c3cc2Br)C1. The maximum atomic E-state index is 12.2. The minimum absolute atomic E-state index is 0.0352. The van der Waals surface area contributed by atoms with Gasteiger partial charge >= 0.3 is 5.69 Å². The fraction of sp³-hybridized carbons (Fsp3) is 0.467. The smallest absolute Gasteiger partial charge is 0.323 e. The Balaban J connectivity index is 1.70. The van der Waals surface area contributed by atoms with E-state index < -0.39 is 0 Å². The normalized spacial score (nSPS) is 19.5. The summed E-state index contributed by atoms with van der Waals surface area (Å²) >= 11 is 3.43. The molecule has 0 saturated carbocycles. The Bertz CT molecular complexity index is 752. The molecule has 1 amide bonds. The van der Waals surface area contributed by atoms with E-state index >= 15 is 0 Å². The van der Waals surface area contributed by atoms with Gasteiger partial charge in [0, 0.05) is 11.0 Å². The lowest BCUT2D eigenvalue weighted by Gasteiger charge is -2.30. The summed E-state index contributed by atoms with van der Waals surface area (Å²) in [7, 11) is 0. The topological polar surface area (TPSA) is 81.0 Å². The molecule has 0 bridgehead atoms. The van der Waals surface area contributed by atoms with Crippen LogP contribution in [0.3, 0.4) is 0 Å². The van der Waals surface area contributed by atoms with Gasteiger partial charge in [-0.05, 0) is 53.4 Å². The molecular weight excluding hydrogens is 348 g/mol. The number of carbonyl (C=O) groups excluding carboxylic acids is 1. The van der Waals surface area contributed by atoms with Gasteiger partial charge in [0.05, 0.1) is 23.3 Å². The van der Waals surface area contributed by atoms with Crippen LogP contribution in [0.25, 0.3) is 11.0 Å². The molecule has 2 aromatic rings. The fourth-order valence-electron chi connectivity index (χ4n) is 2.97. The Labute approximate surface area is 136 Å². The lowest BCUT2D eigenvalue weighted by Crippen LogP contribution is -2.39. The van der Waals surface area contributed by atoms with Crippen LogP contribution in [0.15, 0.2) is 21.4 Å². The van der Waals surface area contributed by atoms with Gasteiger partial charge in [0.1, 0.15) is 0 Å². The molecule has 2 heterocycles. The van der Waals surface area contributed by atoms with Crippen molar-refractivity contribution < 1.29 is 4.79 Å².